The Morgan fingerprint density at radius 2 is 1.96 bits per heavy atom. The topological polar surface area (TPSA) is 62.5 Å². The van der Waals surface area contributed by atoms with Crippen molar-refractivity contribution in [3.63, 3.8) is 0 Å². The lowest BCUT2D eigenvalue weighted by Gasteiger charge is -2.17. The molecule has 126 valence electrons. The summed E-state index contributed by atoms with van der Waals surface area (Å²) in [5.41, 5.74) is 1.55. The Labute approximate surface area is 149 Å². The van der Waals surface area contributed by atoms with Crippen LogP contribution in [0, 0.1) is 5.92 Å². The first kappa shape index (κ1) is 16.8. The molecule has 0 aliphatic carbocycles. The Morgan fingerprint density at radius 3 is 2.58 bits per heavy atom. The fraction of sp³-hybridized carbons (Fsp3) is 0.333. The molecule has 0 saturated carbocycles. The Balaban J connectivity index is 1.87. The Hall–Kier alpha value is -2.08. The van der Waals surface area contributed by atoms with Crippen molar-refractivity contribution in [3.05, 3.63) is 58.3 Å². The maximum atomic E-state index is 12.9. The van der Waals surface area contributed by atoms with Crippen LogP contribution in [-0.2, 0) is 11.3 Å². The van der Waals surface area contributed by atoms with Gasteiger partial charge in [-0.25, -0.2) is 0 Å². The van der Waals surface area contributed by atoms with Gasteiger partial charge < -0.3 is 14.6 Å². The first-order chi connectivity index (χ1) is 11.5. The normalized spacial score (nSPS) is 20.3. The van der Waals surface area contributed by atoms with Crippen LogP contribution in [0.4, 0.5) is 0 Å². The van der Waals surface area contributed by atoms with Gasteiger partial charge in [0.05, 0.1) is 5.92 Å². The fourth-order valence-electron chi connectivity index (χ4n) is 3.34. The van der Waals surface area contributed by atoms with Crippen molar-refractivity contribution in [2.24, 2.45) is 5.92 Å². The molecule has 1 aromatic carbocycles. The van der Waals surface area contributed by atoms with Crippen molar-refractivity contribution in [3.8, 4) is 0 Å². The standard InChI is InChI=1S/C18H19BrN2O3/c1-2-20-9-13(19)8-16(20)17(22)21-10-14(15(11-21)18(23)24)12-6-4-3-5-7-12/h3-9,14-15H,2,10-11H2,1H3,(H,23,24). The van der Waals surface area contributed by atoms with E-state index < -0.39 is 11.9 Å². The molecule has 2 heterocycles. The second-order valence-electron chi connectivity index (χ2n) is 6.00. The summed E-state index contributed by atoms with van der Waals surface area (Å²) >= 11 is 3.40. The number of nitrogens with zero attached hydrogens (tertiary/aromatic N) is 2. The van der Waals surface area contributed by atoms with Crippen LogP contribution in [0.25, 0.3) is 0 Å². The number of halogens is 1. The Bertz CT molecular complexity index is 757. The number of likely N-dealkylation sites (tertiary alicyclic amines) is 1. The highest BCUT2D eigenvalue weighted by atomic mass is 79.9. The van der Waals surface area contributed by atoms with Crippen LogP contribution < -0.4 is 0 Å². The highest BCUT2D eigenvalue weighted by Gasteiger charge is 2.41. The first-order valence-electron chi connectivity index (χ1n) is 7.94. The van der Waals surface area contributed by atoms with Crippen LogP contribution in [0.5, 0.6) is 0 Å². The molecule has 6 heteroatoms. The van der Waals surface area contributed by atoms with Crippen molar-refractivity contribution in [2.75, 3.05) is 13.1 Å². The molecular formula is C18H19BrN2O3. The van der Waals surface area contributed by atoms with Gasteiger partial charge in [0.25, 0.3) is 5.91 Å². The number of carbonyl (C=O) groups excluding carboxylic acids is 1. The molecule has 24 heavy (non-hydrogen) atoms. The molecule has 5 nitrogen and oxygen atoms in total. The monoisotopic (exact) mass is 390 g/mol. The van der Waals surface area contributed by atoms with Gasteiger partial charge >= 0.3 is 5.97 Å². The van der Waals surface area contributed by atoms with Gasteiger partial charge in [0.2, 0.25) is 0 Å². The average molecular weight is 391 g/mol. The number of carbonyl (C=O) groups is 2. The number of carboxylic acid groups (broad SMARTS) is 1. The molecule has 1 saturated heterocycles. The van der Waals surface area contributed by atoms with E-state index in [4.69, 9.17) is 0 Å². The summed E-state index contributed by atoms with van der Waals surface area (Å²) < 4.78 is 2.72. The molecule has 1 fully saturated rings. The molecule has 1 amide bonds. The third kappa shape index (κ3) is 3.11. The highest BCUT2D eigenvalue weighted by molar-refractivity contribution is 9.10. The third-order valence-corrected chi connectivity index (χ3v) is 5.01. The minimum Gasteiger partial charge on any atom is -0.481 e. The van der Waals surface area contributed by atoms with Crippen molar-refractivity contribution in [1.29, 1.82) is 0 Å². The number of carboxylic acids is 1. The van der Waals surface area contributed by atoms with E-state index >= 15 is 0 Å². The van der Waals surface area contributed by atoms with E-state index in [1.165, 1.54) is 0 Å². The smallest absolute Gasteiger partial charge is 0.308 e. The molecule has 1 N–H and O–H groups in total. The summed E-state index contributed by atoms with van der Waals surface area (Å²) in [6, 6.07) is 11.4. The molecule has 2 aromatic rings. The van der Waals surface area contributed by atoms with Gasteiger partial charge in [-0.2, -0.15) is 0 Å². The SMILES string of the molecule is CCn1cc(Br)cc1C(=O)N1CC(C(=O)O)C(c2ccccc2)C1. The van der Waals surface area contributed by atoms with Crippen molar-refractivity contribution in [1.82, 2.24) is 9.47 Å². The lowest BCUT2D eigenvalue weighted by Crippen LogP contribution is -2.31. The van der Waals surface area contributed by atoms with Crippen molar-refractivity contribution < 1.29 is 14.7 Å². The summed E-state index contributed by atoms with van der Waals surface area (Å²) in [5, 5.41) is 9.57. The molecule has 1 aromatic heterocycles. The molecule has 1 aliphatic heterocycles. The zero-order valence-corrected chi connectivity index (χ0v) is 14.9. The van der Waals surface area contributed by atoms with Crippen LogP contribution in [0.2, 0.25) is 0 Å². The van der Waals surface area contributed by atoms with Crippen molar-refractivity contribution in [2.45, 2.75) is 19.4 Å². The van der Waals surface area contributed by atoms with Crippen LogP contribution in [0.1, 0.15) is 28.9 Å². The molecule has 3 rings (SSSR count). The minimum absolute atomic E-state index is 0.118. The quantitative estimate of drug-likeness (QED) is 0.871. The highest BCUT2D eigenvalue weighted by Crippen LogP contribution is 2.34. The number of hydrogen-bond acceptors (Lipinski definition) is 2. The van der Waals surface area contributed by atoms with Crippen LogP contribution >= 0.6 is 15.9 Å². The predicted molar refractivity (Wildman–Crippen MR) is 94.0 cm³/mol. The van der Waals surface area contributed by atoms with Gasteiger partial charge in [-0.3, -0.25) is 9.59 Å². The molecule has 2 atom stereocenters. The lowest BCUT2D eigenvalue weighted by atomic mass is 9.89. The molecule has 0 bridgehead atoms. The number of hydrogen-bond donors (Lipinski definition) is 1. The van der Waals surface area contributed by atoms with E-state index in [2.05, 4.69) is 15.9 Å². The second-order valence-corrected chi connectivity index (χ2v) is 6.92. The van der Waals surface area contributed by atoms with E-state index in [1.54, 1.807) is 11.0 Å². The maximum absolute atomic E-state index is 12.9. The molecule has 1 aliphatic rings. The summed E-state index contributed by atoms with van der Waals surface area (Å²) in [7, 11) is 0. The number of benzene rings is 1. The third-order valence-electron chi connectivity index (χ3n) is 4.58. The molecule has 0 radical (unpaired) electrons. The molecule has 2 unspecified atom stereocenters. The average Bonchev–Trinajstić information content (AvgIpc) is 3.18. The zero-order valence-electron chi connectivity index (χ0n) is 13.4. The summed E-state index contributed by atoms with van der Waals surface area (Å²) in [6.07, 6.45) is 1.87. The largest absolute Gasteiger partial charge is 0.481 e. The summed E-state index contributed by atoms with van der Waals surface area (Å²) in [6.45, 7) is 3.32. The predicted octanol–water partition coefficient (Wildman–Crippen LogP) is 3.21. The summed E-state index contributed by atoms with van der Waals surface area (Å²) in [4.78, 5) is 26.2. The van der Waals surface area contributed by atoms with Crippen molar-refractivity contribution >= 4 is 27.8 Å². The van der Waals surface area contributed by atoms with Gasteiger partial charge in [-0.1, -0.05) is 30.3 Å². The second kappa shape index (κ2) is 6.81. The number of aromatic nitrogens is 1. The van der Waals surface area contributed by atoms with Crippen LogP contribution in [0.15, 0.2) is 47.1 Å². The molecule has 0 spiro atoms. The Morgan fingerprint density at radius 1 is 1.25 bits per heavy atom. The van der Waals surface area contributed by atoms with Crippen LogP contribution in [-0.4, -0.2) is 39.5 Å². The number of amides is 1. The zero-order chi connectivity index (χ0) is 17.3. The minimum atomic E-state index is -0.855. The lowest BCUT2D eigenvalue weighted by molar-refractivity contribution is -0.141. The van der Waals surface area contributed by atoms with E-state index in [9.17, 15) is 14.7 Å². The van der Waals surface area contributed by atoms with E-state index in [1.807, 2.05) is 48.0 Å². The van der Waals surface area contributed by atoms with Crippen LogP contribution in [0.3, 0.4) is 0 Å². The number of rotatable bonds is 4. The van der Waals surface area contributed by atoms with E-state index in [0.29, 0.717) is 18.8 Å². The fourth-order valence-corrected chi connectivity index (χ4v) is 3.80. The number of aryl methyl sites for hydroxylation is 1. The molecular weight excluding hydrogens is 372 g/mol. The summed E-state index contributed by atoms with van der Waals surface area (Å²) in [5.74, 6) is -1.73. The number of aliphatic carboxylic acids is 1. The van der Waals surface area contributed by atoms with Gasteiger partial charge in [0.15, 0.2) is 0 Å². The Kier molecular flexibility index (Phi) is 4.76. The first-order valence-corrected chi connectivity index (χ1v) is 8.73. The van der Waals surface area contributed by atoms with Gasteiger partial charge in [0, 0.05) is 36.2 Å². The van der Waals surface area contributed by atoms with Gasteiger partial charge in [-0.15, -0.1) is 0 Å². The van der Waals surface area contributed by atoms with E-state index in [0.717, 1.165) is 10.0 Å². The van der Waals surface area contributed by atoms with E-state index in [-0.39, 0.29) is 18.4 Å². The van der Waals surface area contributed by atoms with Gasteiger partial charge in [-0.05, 0) is 34.5 Å². The maximum Gasteiger partial charge on any atom is 0.308 e. The van der Waals surface area contributed by atoms with Gasteiger partial charge in [0.1, 0.15) is 5.69 Å².